The summed E-state index contributed by atoms with van der Waals surface area (Å²) in [5.41, 5.74) is 8.32. The standard InChI is InChI=1S/C14H16N2O2/c1-18-14(17)13-3-2-8-16(13)10-12-6-4-11(9-15)5-7-12/h2-8H,9-10,15H2,1H3. The Labute approximate surface area is 106 Å². The van der Waals surface area contributed by atoms with Crippen LogP contribution < -0.4 is 5.73 Å². The maximum absolute atomic E-state index is 11.5. The lowest BCUT2D eigenvalue weighted by atomic mass is 10.1. The van der Waals surface area contributed by atoms with Gasteiger partial charge in [0, 0.05) is 19.3 Å². The van der Waals surface area contributed by atoms with Crippen molar-refractivity contribution < 1.29 is 9.53 Å². The Kier molecular flexibility index (Phi) is 3.79. The molecule has 1 heterocycles. The maximum atomic E-state index is 11.5. The molecular formula is C14H16N2O2. The predicted molar refractivity (Wildman–Crippen MR) is 69.2 cm³/mol. The van der Waals surface area contributed by atoms with Gasteiger partial charge in [0.15, 0.2) is 0 Å². The van der Waals surface area contributed by atoms with Crippen molar-refractivity contribution in [1.29, 1.82) is 0 Å². The molecule has 0 saturated heterocycles. The van der Waals surface area contributed by atoms with Crippen molar-refractivity contribution in [3.05, 3.63) is 59.4 Å². The molecule has 0 unspecified atom stereocenters. The average Bonchev–Trinajstić information content (AvgIpc) is 2.87. The minimum atomic E-state index is -0.321. The Morgan fingerprint density at radius 1 is 1.22 bits per heavy atom. The second kappa shape index (κ2) is 5.51. The van der Waals surface area contributed by atoms with E-state index in [-0.39, 0.29) is 5.97 Å². The van der Waals surface area contributed by atoms with Crippen molar-refractivity contribution in [3.63, 3.8) is 0 Å². The van der Waals surface area contributed by atoms with E-state index in [2.05, 4.69) is 0 Å². The van der Waals surface area contributed by atoms with Crippen molar-refractivity contribution in [2.75, 3.05) is 7.11 Å². The van der Waals surface area contributed by atoms with E-state index in [1.54, 1.807) is 6.07 Å². The lowest BCUT2D eigenvalue weighted by Gasteiger charge is -2.08. The van der Waals surface area contributed by atoms with Crippen molar-refractivity contribution in [3.8, 4) is 0 Å². The fraction of sp³-hybridized carbons (Fsp3) is 0.214. The number of ether oxygens (including phenoxy) is 1. The SMILES string of the molecule is COC(=O)c1cccn1Cc1ccc(CN)cc1. The van der Waals surface area contributed by atoms with Gasteiger partial charge in [-0.3, -0.25) is 0 Å². The van der Waals surface area contributed by atoms with E-state index in [0.29, 0.717) is 18.8 Å². The molecular weight excluding hydrogens is 228 g/mol. The van der Waals surface area contributed by atoms with E-state index >= 15 is 0 Å². The van der Waals surface area contributed by atoms with Gasteiger partial charge in [-0.1, -0.05) is 24.3 Å². The molecule has 2 rings (SSSR count). The largest absolute Gasteiger partial charge is 0.464 e. The van der Waals surface area contributed by atoms with Crippen LogP contribution >= 0.6 is 0 Å². The first-order valence-corrected chi connectivity index (χ1v) is 5.76. The lowest BCUT2D eigenvalue weighted by molar-refractivity contribution is 0.0589. The molecule has 1 aromatic carbocycles. The maximum Gasteiger partial charge on any atom is 0.354 e. The van der Waals surface area contributed by atoms with Crippen molar-refractivity contribution in [2.45, 2.75) is 13.1 Å². The fourth-order valence-electron chi connectivity index (χ4n) is 1.82. The quantitative estimate of drug-likeness (QED) is 0.834. The highest BCUT2D eigenvalue weighted by Crippen LogP contribution is 2.10. The van der Waals surface area contributed by atoms with Crippen molar-refractivity contribution in [2.24, 2.45) is 5.73 Å². The minimum absolute atomic E-state index is 0.321. The van der Waals surface area contributed by atoms with Crippen LogP contribution in [0.5, 0.6) is 0 Å². The third-order valence-corrected chi connectivity index (χ3v) is 2.84. The molecule has 0 fully saturated rings. The molecule has 0 aliphatic heterocycles. The van der Waals surface area contributed by atoms with Crippen molar-refractivity contribution >= 4 is 5.97 Å². The molecule has 0 aliphatic carbocycles. The van der Waals surface area contributed by atoms with Crippen LogP contribution in [0.4, 0.5) is 0 Å². The van der Waals surface area contributed by atoms with Gasteiger partial charge in [-0.25, -0.2) is 4.79 Å². The van der Waals surface area contributed by atoms with Gasteiger partial charge in [-0.2, -0.15) is 0 Å². The summed E-state index contributed by atoms with van der Waals surface area (Å²) in [6.07, 6.45) is 1.86. The van der Waals surface area contributed by atoms with Gasteiger partial charge in [0.05, 0.1) is 7.11 Å². The van der Waals surface area contributed by atoms with E-state index in [1.165, 1.54) is 7.11 Å². The normalized spacial score (nSPS) is 10.3. The van der Waals surface area contributed by atoms with Gasteiger partial charge < -0.3 is 15.0 Å². The van der Waals surface area contributed by atoms with Gasteiger partial charge in [-0.05, 0) is 23.3 Å². The number of methoxy groups -OCH3 is 1. The summed E-state index contributed by atoms with van der Waals surface area (Å²) < 4.78 is 6.60. The van der Waals surface area contributed by atoms with Crippen LogP contribution in [0, 0.1) is 0 Å². The lowest BCUT2D eigenvalue weighted by Crippen LogP contribution is -2.10. The van der Waals surface area contributed by atoms with Crippen LogP contribution in [0.15, 0.2) is 42.6 Å². The molecule has 0 spiro atoms. The first-order valence-electron chi connectivity index (χ1n) is 5.76. The third kappa shape index (κ3) is 2.60. The van der Waals surface area contributed by atoms with E-state index in [1.807, 2.05) is 41.1 Å². The van der Waals surface area contributed by atoms with Crippen LogP contribution in [0.1, 0.15) is 21.6 Å². The molecule has 0 atom stereocenters. The Balaban J connectivity index is 2.18. The molecule has 0 bridgehead atoms. The van der Waals surface area contributed by atoms with Gasteiger partial charge >= 0.3 is 5.97 Å². The number of benzene rings is 1. The first kappa shape index (κ1) is 12.4. The highest BCUT2D eigenvalue weighted by Gasteiger charge is 2.10. The number of rotatable bonds is 4. The Hall–Kier alpha value is -2.07. The number of hydrogen-bond acceptors (Lipinski definition) is 3. The monoisotopic (exact) mass is 244 g/mol. The predicted octanol–water partition coefficient (Wildman–Crippen LogP) is 1.78. The molecule has 2 N–H and O–H groups in total. The molecule has 94 valence electrons. The zero-order valence-corrected chi connectivity index (χ0v) is 10.3. The molecule has 18 heavy (non-hydrogen) atoms. The van der Waals surface area contributed by atoms with Crippen LogP contribution in [0.3, 0.4) is 0 Å². The van der Waals surface area contributed by atoms with Gasteiger partial charge in [0.1, 0.15) is 5.69 Å². The minimum Gasteiger partial charge on any atom is -0.464 e. The molecule has 4 nitrogen and oxygen atoms in total. The zero-order valence-electron chi connectivity index (χ0n) is 10.3. The van der Waals surface area contributed by atoms with Crippen molar-refractivity contribution in [1.82, 2.24) is 4.57 Å². The van der Waals surface area contributed by atoms with E-state index in [4.69, 9.17) is 10.5 Å². The third-order valence-electron chi connectivity index (χ3n) is 2.84. The van der Waals surface area contributed by atoms with Gasteiger partial charge in [0.2, 0.25) is 0 Å². The smallest absolute Gasteiger partial charge is 0.354 e. The topological polar surface area (TPSA) is 57.2 Å². The molecule has 2 aromatic rings. The summed E-state index contributed by atoms with van der Waals surface area (Å²) in [5, 5.41) is 0. The fourth-order valence-corrected chi connectivity index (χ4v) is 1.82. The number of nitrogens with two attached hydrogens (primary N) is 1. The summed E-state index contributed by atoms with van der Waals surface area (Å²) in [6.45, 7) is 1.18. The number of aromatic nitrogens is 1. The van der Waals surface area contributed by atoms with E-state index in [9.17, 15) is 4.79 Å². The first-order chi connectivity index (χ1) is 8.74. The second-order valence-corrected chi connectivity index (χ2v) is 4.03. The van der Waals surface area contributed by atoms with Gasteiger partial charge in [0.25, 0.3) is 0 Å². The second-order valence-electron chi connectivity index (χ2n) is 4.03. The zero-order chi connectivity index (χ0) is 13.0. The summed E-state index contributed by atoms with van der Waals surface area (Å²) in [5.74, 6) is -0.321. The van der Waals surface area contributed by atoms with E-state index in [0.717, 1.165) is 11.1 Å². The number of nitrogens with zero attached hydrogens (tertiary/aromatic N) is 1. The molecule has 0 amide bonds. The highest BCUT2D eigenvalue weighted by molar-refractivity contribution is 5.87. The summed E-state index contributed by atoms with van der Waals surface area (Å²) in [6, 6.07) is 11.6. The highest BCUT2D eigenvalue weighted by atomic mass is 16.5. The average molecular weight is 244 g/mol. The summed E-state index contributed by atoms with van der Waals surface area (Å²) >= 11 is 0. The van der Waals surface area contributed by atoms with Gasteiger partial charge in [-0.15, -0.1) is 0 Å². The van der Waals surface area contributed by atoms with Crippen LogP contribution in [0.25, 0.3) is 0 Å². The molecule has 0 saturated carbocycles. The number of carbonyl (C=O) groups is 1. The molecule has 0 aliphatic rings. The molecule has 4 heteroatoms. The van der Waals surface area contributed by atoms with E-state index < -0.39 is 0 Å². The Bertz CT molecular complexity index is 529. The number of hydrogen-bond donors (Lipinski definition) is 1. The number of esters is 1. The number of carbonyl (C=O) groups excluding carboxylic acids is 1. The Morgan fingerprint density at radius 3 is 2.50 bits per heavy atom. The van der Waals surface area contributed by atoms with Crippen LogP contribution in [0.2, 0.25) is 0 Å². The molecule has 1 aromatic heterocycles. The Morgan fingerprint density at radius 2 is 1.89 bits per heavy atom. The summed E-state index contributed by atoms with van der Waals surface area (Å²) in [4.78, 5) is 11.5. The molecule has 0 radical (unpaired) electrons. The summed E-state index contributed by atoms with van der Waals surface area (Å²) in [7, 11) is 1.38. The van der Waals surface area contributed by atoms with Crippen LogP contribution in [-0.2, 0) is 17.8 Å². The van der Waals surface area contributed by atoms with Crippen LogP contribution in [-0.4, -0.2) is 17.6 Å².